The Morgan fingerprint density at radius 1 is 1.08 bits per heavy atom. The highest BCUT2D eigenvalue weighted by molar-refractivity contribution is 6.20. The van der Waals surface area contributed by atoms with Gasteiger partial charge in [0.2, 0.25) is 11.8 Å². The monoisotopic (exact) mass is 336 g/mol. The summed E-state index contributed by atoms with van der Waals surface area (Å²) < 4.78 is 0. The van der Waals surface area contributed by atoms with Crippen LogP contribution in [0.25, 0.3) is 0 Å². The largest absolute Gasteiger partial charge is 0.321 e. The zero-order valence-electron chi connectivity index (χ0n) is 14.3. The molecular weight excluding hydrogens is 316 g/mol. The topological polar surface area (TPSA) is 66.5 Å². The van der Waals surface area contributed by atoms with Gasteiger partial charge in [-0.1, -0.05) is 31.2 Å². The molecule has 2 aromatic rings. The van der Waals surface area contributed by atoms with Crippen molar-refractivity contribution in [2.45, 2.75) is 33.1 Å². The van der Waals surface area contributed by atoms with Crippen molar-refractivity contribution in [3.8, 4) is 0 Å². The molecule has 5 heteroatoms. The molecular formula is C20H20N2O3. The number of anilines is 2. The molecule has 0 radical (unpaired) electrons. The Morgan fingerprint density at radius 3 is 2.44 bits per heavy atom. The minimum absolute atomic E-state index is 0.221. The van der Waals surface area contributed by atoms with E-state index in [-0.39, 0.29) is 30.6 Å². The summed E-state index contributed by atoms with van der Waals surface area (Å²) in [7, 11) is 0. The van der Waals surface area contributed by atoms with Gasteiger partial charge in [-0.15, -0.1) is 0 Å². The van der Waals surface area contributed by atoms with Gasteiger partial charge in [-0.3, -0.25) is 19.3 Å². The number of carbonyl (C=O) groups is 3. The number of para-hydroxylation sites is 1. The molecule has 2 aromatic carbocycles. The van der Waals surface area contributed by atoms with E-state index in [0.29, 0.717) is 11.3 Å². The predicted molar refractivity (Wildman–Crippen MR) is 96.7 cm³/mol. The van der Waals surface area contributed by atoms with Crippen LogP contribution < -0.4 is 10.2 Å². The Bertz CT molecular complexity index is 842. The fourth-order valence-corrected chi connectivity index (χ4v) is 3.04. The first-order valence-corrected chi connectivity index (χ1v) is 8.37. The Labute approximate surface area is 146 Å². The van der Waals surface area contributed by atoms with Crippen LogP contribution in [0.2, 0.25) is 0 Å². The molecule has 5 nitrogen and oxygen atoms in total. The minimum atomic E-state index is -0.259. The molecule has 1 heterocycles. The summed E-state index contributed by atoms with van der Waals surface area (Å²) in [6, 6.07) is 12.5. The quantitative estimate of drug-likeness (QED) is 0.870. The van der Waals surface area contributed by atoms with Gasteiger partial charge in [0.25, 0.3) is 5.91 Å². The summed E-state index contributed by atoms with van der Waals surface area (Å²) in [5, 5.41) is 2.96. The van der Waals surface area contributed by atoms with E-state index in [1.54, 1.807) is 24.3 Å². The zero-order valence-corrected chi connectivity index (χ0v) is 14.3. The third-order valence-corrected chi connectivity index (χ3v) is 4.40. The second-order valence-corrected chi connectivity index (χ2v) is 6.09. The lowest BCUT2D eigenvalue weighted by atomic mass is 10.1. The summed E-state index contributed by atoms with van der Waals surface area (Å²) in [5.41, 5.74) is 3.73. The van der Waals surface area contributed by atoms with Gasteiger partial charge in [0.1, 0.15) is 0 Å². The average molecular weight is 336 g/mol. The lowest BCUT2D eigenvalue weighted by Crippen LogP contribution is -2.28. The first-order chi connectivity index (χ1) is 12.0. The van der Waals surface area contributed by atoms with Crippen LogP contribution in [0.1, 0.15) is 41.3 Å². The third-order valence-electron chi connectivity index (χ3n) is 4.40. The average Bonchev–Trinajstić information content (AvgIpc) is 2.95. The lowest BCUT2D eigenvalue weighted by Gasteiger charge is -2.16. The van der Waals surface area contributed by atoms with Crippen molar-refractivity contribution in [2.75, 3.05) is 10.2 Å². The van der Waals surface area contributed by atoms with Gasteiger partial charge in [0.05, 0.1) is 5.69 Å². The van der Waals surface area contributed by atoms with Crippen molar-refractivity contribution in [3.05, 3.63) is 59.2 Å². The maximum atomic E-state index is 12.7. The van der Waals surface area contributed by atoms with Crippen molar-refractivity contribution in [2.24, 2.45) is 0 Å². The smallest absolute Gasteiger partial charge is 0.255 e. The molecule has 0 unspecified atom stereocenters. The number of hydrogen-bond acceptors (Lipinski definition) is 3. The van der Waals surface area contributed by atoms with Gasteiger partial charge in [-0.05, 0) is 42.7 Å². The first-order valence-electron chi connectivity index (χ1n) is 8.37. The number of rotatable bonds is 4. The van der Waals surface area contributed by atoms with Crippen LogP contribution in [0.5, 0.6) is 0 Å². The highest BCUT2D eigenvalue weighted by Gasteiger charge is 2.30. The molecule has 0 atom stereocenters. The Balaban J connectivity index is 1.88. The predicted octanol–water partition coefficient (Wildman–Crippen LogP) is 3.46. The Kier molecular flexibility index (Phi) is 4.65. The van der Waals surface area contributed by atoms with Gasteiger partial charge in [0, 0.05) is 24.1 Å². The fourth-order valence-electron chi connectivity index (χ4n) is 3.04. The number of nitrogens with zero attached hydrogens (tertiary/aromatic N) is 1. The van der Waals surface area contributed by atoms with Crippen molar-refractivity contribution in [1.82, 2.24) is 0 Å². The van der Waals surface area contributed by atoms with Gasteiger partial charge in [-0.25, -0.2) is 0 Å². The van der Waals surface area contributed by atoms with Gasteiger partial charge < -0.3 is 5.32 Å². The second kappa shape index (κ2) is 6.89. The van der Waals surface area contributed by atoms with Crippen LogP contribution >= 0.6 is 0 Å². The highest BCUT2D eigenvalue weighted by atomic mass is 16.2. The summed E-state index contributed by atoms with van der Waals surface area (Å²) in [6.45, 7) is 3.99. The summed E-state index contributed by atoms with van der Waals surface area (Å²) in [6.07, 6.45) is 1.25. The van der Waals surface area contributed by atoms with E-state index in [1.807, 2.05) is 32.0 Å². The molecule has 128 valence electrons. The van der Waals surface area contributed by atoms with E-state index < -0.39 is 0 Å². The molecule has 1 N–H and O–H groups in total. The second-order valence-electron chi connectivity index (χ2n) is 6.09. The fraction of sp³-hybridized carbons (Fsp3) is 0.250. The van der Waals surface area contributed by atoms with Crippen molar-refractivity contribution >= 4 is 29.1 Å². The maximum absolute atomic E-state index is 12.7. The van der Waals surface area contributed by atoms with E-state index >= 15 is 0 Å². The van der Waals surface area contributed by atoms with E-state index in [0.717, 1.165) is 28.1 Å². The van der Waals surface area contributed by atoms with E-state index in [4.69, 9.17) is 0 Å². The molecule has 0 saturated carbocycles. The van der Waals surface area contributed by atoms with Crippen LogP contribution in [0, 0.1) is 6.92 Å². The van der Waals surface area contributed by atoms with E-state index in [1.165, 1.54) is 0 Å². The van der Waals surface area contributed by atoms with Crippen LogP contribution in [-0.4, -0.2) is 17.7 Å². The molecule has 1 saturated heterocycles. The normalized spacial score (nSPS) is 14.1. The minimum Gasteiger partial charge on any atom is -0.321 e. The number of benzene rings is 2. The number of aryl methyl sites for hydroxylation is 2. The Hall–Kier alpha value is -2.95. The number of hydrogen-bond donors (Lipinski definition) is 1. The standard InChI is InChI=1S/C20H20N2O3/c1-3-14-7-4-6-13(2)19(14)21-20(25)15-8-5-9-16(12-15)22-17(23)10-11-18(22)24/h4-9,12H,3,10-11H2,1-2H3,(H,21,25). The van der Waals surface area contributed by atoms with E-state index in [9.17, 15) is 14.4 Å². The van der Waals surface area contributed by atoms with Crippen LogP contribution in [0.4, 0.5) is 11.4 Å². The first kappa shape index (κ1) is 16.9. The molecule has 0 aromatic heterocycles. The summed E-state index contributed by atoms with van der Waals surface area (Å²) in [5.74, 6) is -0.714. The van der Waals surface area contributed by atoms with Crippen LogP contribution in [0.3, 0.4) is 0 Å². The number of nitrogens with one attached hydrogen (secondary N) is 1. The number of imide groups is 1. The van der Waals surface area contributed by atoms with Crippen molar-refractivity contribution < 1.29 is 14.4 Å². The molecule has 1 aliphatic heterocycles. The number of carbonyl (C=O) groups excluding carboxylic acids is 3. The maximum Gasteiger partial charge on any atom is 0.255 e. The van der Waals surface area contributed by atoms with E-state index in [2.05, 4.69) is 5.32 Å². The molecule has 0 aliphatic carbocycles. The summed E-state index contributed by atoms with van der Waals surface area (Å²) >= 11 is 0. The third kappa shape index (κ3) is 3.31. The zero-order chi connectivity index (χ0) is 18.0. The molecule has 0 spiro atoms. The van der Waals surface area contributed by atoms with Gasteiger partial charge in [0.15, 0.2) is 0 Å². The molecule has 3 rings (SSSR count). The van der Waals surface area contributed by atoms with Crippen LogP contribution in [-0.2, 0) is 16.0 Å². The Morgan fingerprint density at radius 2 is 1.76 bits per heavy atom. The summed E-state index contributed by atoms with van der Waals surface area (Å²) in [4.78, 5) is 37.6. The SMILES string of the molecule is CCc1cccc(C)c1NC(=O)c1cccc(N2C(=O)CCC2=O)c1. The molecule has 1 aliphatic rings. The molecule has 25 heavy (non-hydrogen) atoms. The number of amides is 3. The van der Waals surface area contributed by atoms with Crippen molar-refractivity contribution in [3.63, 3.8) is 0 Å². The lowest BCUT2D eigenvalue weighted by molar-refractivity contribution is -0.121. The van der Waals surface area contributed by atoms with Gasteiger partial charge >= 0.3 is 0 Å². The highest BCUT2D eigenvalue weighted by Crippen LogP contribution is 2.25. The molecule has 3 amide bonds. The molecule has 1 fully saturated rings. The van der Waals surface area contributed by atoms with Crippen molar-refractivity contribution in [1.29, 1.82) is 0 Å². The van der Waals surface area contributed by atoms with Crippen LogP contribution in [0.15, 0.2) is 42.5 Å². The molecule has 0 bridgehead atoms. The van der Waals surface area contributed by atoms with Gasteiger partial charge in [-0.2, -0.15) is 0 Å².